The molecule has 3 rings (SSSR count). The van der Waals surface area contributed by atoms with E-state index in [1.807, 2.05) is 48.5 Å². The Morgan fingerprint density at radius 2 is 1.41 bits per heavy atom. The van der Waals surface area contributed by atoms with Crippen LogP contribution in [0.4, 0.5) is 0 Å². The summed E-state index contributed by atoms with van der Waals surface area (Å²) in [7, 11) is 1.61. The molecule has 1 N–H and O–H groups in total. The van der Waals surface area contributed by atoms with Gasteiger partial charge in [-0.25, -0.2) is 0 Å². The molecule has 2 heteroatoms. The van der Waals surface area contributed by atoms with E-state index in [-0.39, 0.29) is 6.61 Å². The van der Waals surface area contributed by atoms with Gasteiger partial charge in [0.1, 0.15) is 5.60 Å². The maximum Gasteiger partial charge on any atom is 0.139 e. The van der Waals surface area contributed by atoms with Crippen molar-refractivity contribution in [3.05, 3.63) is 59.7 Å². The van der Waals surface area contributed by atoms with Crippen molar-refractivity contribution in [1.82, 2.24) is 0 Å². The molecule has 1 aliphatic carbocycles. The summed E-state index contributed by atoms with van der Waals surface area (Å²) in [5.74, 6) is 0. The summed E-state index contributed by atoms with van der Waals surface area (Å²) in [5, 5.41) is 10.9. The van der Waals surface area contributed by atoms with Crippen molar-refractivity contribution in [1.29, 1.82) is 0 Å². The fourth-order valence-electron chi connectivity index (χ4n) is 2.67. The predicted octanol–water partition coefficient (Wildman–Crippen LogP) is 2.55. The highest BCUT2D eigenvalue weighted by molar-refractivity contribution is 5.80. The zero-order chi connectivity index (χ0) is 11.9. The Bertz CT molecular complexity index is 515. The lowest BCUT2D eigenvalue weighted by atomic mass is 9.92. The van der Waals surface area contributed by atoms with E-state index in [0.717, 1.165) is 22.3 Å². The number of fused-ring (bicyclic) bond motifs is 3. The monoisotopic (exact) mass is 226 g/mol. The fourth-order valence-corrected chi connectivity index (χ4v) is 2.67. The van der Waals surface area contributed by atoms with Crippen LogP contribution >= 0.6 is 0 Å². The van der Waals surface area contributed by atoms with Crippen LogP contribution in [0.25, 0.3) is 11.1 Å². The van der Waals surface area contributed by atoms with Crippen molar-refractivity contribution in [3.63, 3.8) is 0 Å². The molecule has 17 heavy (non-hydrogen) atoms. The van der Waals surface area contributed by atoms with Gasteiger partial charge in [-0.05, 0) is 22.3 Å². The fraction of sp³-hybridized carbons (Fsp3) is 0.200. The van der Waals surface area contributed by atoms with Gasteiger partial charge in [0, 0.05) is 7.11 Å². The molecule has 0 unspecified atom stereocenters. The van der Waals surface area contributed by atoms with E-state index in [4.69, 9.17) is 4.74 Å². The Kier molecular flexibility index (Phi) is 2.28. The predicted molar refractivity (Wildman–Crippen MR) is 66.8 cm³/mol. The summed E-state index contributed by atoms with van der Waals surface area (Å²) in [4.78, 5) is 0. The standard InChI is InChI=1S/C15H14O2/c1-17-10-15(16)13-8-4-2-6-11(13)12-7-3-5-9-14(12)15/h2-9,16H,10H2,1H3. The minimum atomic E-state index is -1.01. The van der Waals surface area contributed by atoms with Crippen molar-refractivity contribution in [2.75, 3.05) is 13.7 Å². The normalized spacial score (nSPS) is 15.4. The third-order valence-corrected chi connectivity index (χ3v) is 3.39. The van der Waals surface area contributed by atoms with Gasteiger partial charge in [0.05, 0.1) is 6.61 Å². The highest BCUT2D eigenvalue weighted by Gasteiger charge is 2.41. The summed E-state index contributed by atoms with van der Waals surface area (Å²) in [6, 6.07) is 15.9. The second-order valence-electron chi connectivity index (χ2n) is 4.38. The van der Waals surface area contributed by atoms with Crippen molar-refractivity contribution in [3.8, 4) is 11.1 Å². The third-order valence-electron chi connectivity index (χ3n) is 3.39. The number of benzene rings is 2. The van der Waals surface area contributed by atoms with E-state index in [1.54, 1.807) is 7.11 Å². The highest BCUT2D eigenvalue weighted by atomic mass is 16.5. The Morgan fingerprint density at radius 3 is 1.88 bits per heavy atom. The third kappa shape index (κ3) is 1.35. The molecule has 86 valence electrons. The lowest BCUT2D eigenvalue weighted by Crippen LogP contribution is -2.30. The molecule has 2 aromatic carbocycles. The summed E-state index contributed by atoms with van der Waals surface area (Å²) in [6.45, 7) is 0.279. The molecule has 0 radical (unpaired) electrons. The first-order chi connectivity index (χ1) is 8.27. The minimum Gasteiger partial charge on any atom is -0.381 e. The van der Waals surface area contributed by atoms with E-state index < -0.39 is 5.60 Å². The number of ether oxygens (including phenoxy) is 1. The van der Waals surface area contributed by atoms with Crippen LogP contribution < -0.4 is 0 Å². The van der Waals surface area contributed by atoms with Gasteiger partial charge >= 0.3 is 0 Å². The van der Waals surface area contributed by atoms with Crippen LogP contribution in [0.2, 0.25) is 0 Å². The maximum atomic E-state index is 10.9. The Balaban J connectivity index is 2.31. The molecular formula is C15H14O2. The molecule has 0 aliphatic heterocycles. The van der Waals surface area contributed by atoms with Crippen LogP contribution in [0.1, 0.15) is 11.1 Å². The van der Waals surface area contributed by atoms with E-state index in [2.05, 4.69) is 0 Å². The average molecular weight is 226 g/mol. The summed E-state index contributed by atoms with van der Waals surface area (Å²) in [5.41, 5.74) is 3.05. The van der Waals surface area contributed by atoms with Crippen LogP contribution in [-0.2, 0) is 10.3 Å². The highest BCUT2D eigenvalue weighted by Crippen LogP contribution is 2.47. The second-order valence-corrected chi connectivity index (χ2v) is 4.38. The summed E-state index contributed by atoms with van der Waals surface area (Å²) >= 11 is 0. The van der Waals surface area contributed by atoms with Gasteiger partial charge < -0.3 is 9.84 Å². The molecule has 1 aliphatic rings. The quantitative estimate of drug-likeness (QED) is 0.852. The van der Waals surface area contributed by atoms with E-state index in [9.17, 15) is 5.11 Å². The molecule has 0 heterocycles. The average Bonchev–Trinajstić information content (AvgIpc) is 2.62. The molecule has 0 saturated carbocycles. The topological polar surface area (TPSA) is 29.5 Å². The summed E-state index contributed by atoms with van der Waals surface area (Å²) in [6.07, 6.45) is 0. The molecule has 0 fully saturated rings. The largest absolute Gasteiger partial charge is 0.381 e. The molecule has 0 bridgehead atoms. The van der Waals surface area contributed by atoms with Gasteiger partial charge in [0.2, 0.25) is 0 Å². The Labute approximate surface area is 100 Å². The van der Waals surface area contributed by atoms with Crippen LogP contribution in [0, 0.1) is 0 Å². The molecule has 2 nitrogen and oxygen atoms in total. The number of hydrogen-bond donors (Lipinski definition) is 1. The van der Waals surface area contributed by atoms with Crippen molar-refractivity contribution >= 4 is 0 Å². The van der Waals surface area contributed by atoms with E-state index in [1.165, 1.54) is 0 Å². The number of aliphatic hydroxyl groups is 1. The number of hydrogen-bond acceptors (Lipinski definition) is 2. The SMILES string of the molecule is COCC1(O)c2ccccc2-c2ccccc21. The van der Waals surface area contributed by atoms with Crippen LogP contribution in [-0.4, -0.2) is 18.8 Å². The first-order valence-electron chi connectivity index (χ1n) is 5.68. The van der Waals surface area contributed by atoms with E-state index in [0.29, 0.717) is 0 Å². The van der Waals surface area contributed by atoms with Crippen molar-refractivity contribution in [2.24, 2.45) is 0 Å². The van der Waals surface area contributed by atoms with Gasteiger partial charge in [-0.3, -0.25) is 0 Å². The first-order valence-corrected chi connectivity index (χ1v) is 5.68. The number of rotatable bonds is 2. The molecular weight excluding hydrogens is 212 g/mol. The molecule has 0 atom stereocenters. The smallest absolute Gasteiger partial charge is 0.139 e. The first kappa shape index (κ1) is 10.5. The minimum absolute atomic E-state index is 0.279. The molecule has 2 aromatic rings. The zero-order valence-electron chi connectivity index (χ0n) is 9.68. The lowest BCUT2D eigenvalue weighted by molar-refractivity contribution is 0.0000585. The second kappa shape index (κ2) is 3.69. The molecule has 0 saturated heterocycles. The van der Waals surface area contributed by atoms with Crippen LogP contribution in [0.5, 0.6) is 0 Å². The maximum absolute atomic E-state index is 10.9. The van der Waals surface area contributed by atoms with Gasteiger partial charge in [0.15, 0.2) is 0 Å². The van der Waals surface area contributed by atoms with Crippen molar-refractivity contribution < 1.29 is 9.84 Å². The van der Waals surface area contributed by atoms with Crippen molar-refractivity contribution in [2.45, 2.75) is 5.60 Å². The zero-order valence-corrected chi connectivity index (χ0v) is 9.68. The van der Waals surface area contributed by atoms with Crippen LogP contribution in [0.15, 0.2) is 48.5 Å². The number of methoxy groups -OCH3 is 1. The van der Waals surface area contributed by atoms with Crippen LogP contribution in [0.3, 0.4) is 0 Å². The van der Waals surface area contributed by atoms with E-state index >= 15 is 0 Å². The van der Waals surface area contributed by atoms with Gasteiger partial charge in [0.25, 0.3) is 0 Å². The molecule has 0 amide bonds. The summed E-state index contributed by atoms with van der Waals surface area (Å²) < 4.78 is 5.19. The van der Waals surface area contributed by atoms with Gasteiger partial charge in [-0.2, -0.15) is 0 Å². The van der Waals surface area contributed by atoms with Gasteiger partial charge in [-0.1, -0.05) is 48.5 Å². The Morgan fingerprint density at radius 1 is 0.941 bits per heavy atom. The molecule has 0 spiro atoms. The Hall–Kier alpha value is -1.64. The van der Waals surface area contributed by atoms with Gasteiger partial charge in [-0.15, -0.1) is 0 Å². The molecule has 0 aromatic heterocycles. The lowest BCUT2D eigenvalue weighted by Gasteiger charge is -2.24.